The maximum absolute atomic E-state index is 12.9. The quantitative estimate of drug-likeness (QED) is 0.298. The number of hydrogen-bond donors (Lipinski definition) is 3. The number of nitrogens with zero attached hydrogens (tertiary/aromatic N) is 6. The smallest absolute Gasteiger partial charge is 0.272 e. The molecule has 1 saturated carbocycles. The lowest BCUT2D eigenvalue weighted by molar-refractivity contribution is -0.117. The van der Waals surface area contributed by atoms with Crippen LogP contribution in [0.2, 0.25) is 0 Å². The van der Waals surface area contributed by atoms with Crippen LogP contribution < -0.4 is 20.7 Å². The third-order valence-corrected chi connectivity index (χ3v) is 6.28. The number of carbonyl (C=O) groups excluding carboxylic acids is 2. The van der Waals surface area contributed by atoms with Crippen LogP contribution in [-0.4, -0.2) is 104 Å². The molecule has 0 unspecified atom stereocenters. The van der Waals surface area contributed by atoms with Gasteiger partial charge in [-0.2, -0.15) is 0 Å². The van der Waals surface area contributed by atoms with E-state index in [0.29, 0.717) is 36.9 Å². The van der Waals surface area contributed by atoms with Crippen LogP contribution in [0.15, 0.2) is 30.5 Å². The van der Waals surface area contributed by atoms with E-state index in [-0.39, 0.29) is 29.0 Å². The summed E-state index contributed by atoms with van der Waals surface area (Å²) in [6, 6.07) is 6.84. The highest BCUT2D eigenvalue weighted by Gasteiger charge is 2.30. The van der Waals surface area contributed by atoms with Crippen molar-refractivity contribution >= 4 is 52.5 Å². The first-order valence-electron chi connectivity index (χ1n) is 12.7. The van der Waals surface area contributed by atoms with Gasteiger partial charge in [0, 0.05) is 31.6 Å². The number of hydrogen-bond acceptors (Lipinski definition) is 10. The molecule has 16 heteroatoms. The van der Waals surface area contributed by atoms with Crippen molar-refractivity contribution < 1.29 is 19.1 Å². The monoisotopic (exact) mass is 537 g/mol. The van der Waals surface area contributed by atoms with E-state index in [1.54, 1.807) is 16.8 Å². The Morgan fingerprint density at radius 3 is 2.60 bits per heavy atom. The van der Waals surface area contributed by atoms with E-state index in [9.17, 15) is 9.59 Å². The van der Waals surface area contributed by atoms with Crippen molar-refractivity contribution in [1.82, 2.24) is 35.4 Å². The average Bonchev–Trinajstić information content (AvgIpc) is 3.67. The molecule has 2 fully saturated rings. The molecule has 2 aliphatic rings. The minimum Gasteiger partial charge on any atom is -0.492 e. The first-order valence-corrected chi connectivity index (χ1v) is 12.7. The number of benzene rings is 1. The van der Waals surface area contributed by atoms with Gasteiger partial charge in [-0.05, 0) is 25.0 Å². The van der Waals surface area contributed by atoms with Crippen LogP contribution in [0, 0.1) is 5.92 Å². The zero-order chi connectivity index (χ0) is 28.3. The summed E-state index contributed by atoms with van der Waals surface area (Å²) in [6.45, 7) is 3.68. The van der Waals surface area contributed by atoms with Crippen LogP contribution in [0.1, 0.15) is 29.0 Å². The van der Waals surface area contributed by atoms with Crippen LogP contribution in [0.25, 0.3) is 5.69 Å². The molecular weight excluding hydrogens is 511 g/mol. The number of amides is 2. The fraction of sp³-hybridized carbons (Fsp3) is 0.417. The van der Waals surface area contributed by atoms with E-state index >= 15 is 0 Å². The molecule has 3 N–H and O–H groups in total. The highest BCUT2D eigenvalue weighted by atomic mass is 16.5. The van der Waals surface area contributed by atoms with E-state index < -0.39 is 11.1 Å². The van der Waals surface area contributed by atoms with Crippen LogP contribution in [0.5, 0.6) is 5.75 Å². The van der Waals surface area contributed by atoms with Crippen molar-refractivity contribution in [2.45, 2.75) is 24.6 Å². The first kappa shape index (κ1) is 27.7. The van der Waals surface area contributed by atoms with Gasteiger partial charge in [0.25, 0.3) is 5.91 Å². The van der Waals surface area contributed by atoms with E-state index in [2.05, 4.69) is 41.4 Å². The van der Waals surface area contributed by atoms with Crippen molar-refractivity contribution in [2.75, 3.05) is 44.0 Å². The third kappa shape index (κ3) is 6.80. The van der Waals surface area contributed by atoms with Crippen LogP contribution in [0.3, 0.4) is 0 Å². The van der Waals surface area contributed by atoms with Crippen LogP contribution in [-0.2, 0) is 16.1 Å². The molecule has 200 valence electrons. The Kier molecular flexibility index (Phi) is 8.08. The van der Waals surface area contributed by atoms with Crippen LogP contribution in [0.4, 0.5) is 17.2 Å². The number of ether oxygens (including phenoxy) is 2. The number of carbonyl (C=O) groups is 2. The molecular formula is C24H26B3N9O4. The third-order valence-electron chi connectivity index (χ3n) is 6.28. The zero-order valence-electron chi connectivity index (χ0n) is 22.0. The molecule has 1 saturated heterocycles. The highest BCUT2D eigenvalue weighted by Crippen LogP contribution is 2.35. The number of anilines is 3. The predicted octanol–water partition coefficient (Wildman–Crippen LogP) is -0.163. The Morgan fingerprint density at radius 1 is 1.12 bits per heavy atom. The Labute approximate surface area is 235 Å². The van der Waals surface area contributed by atoms with E-state index in [1.165, 1.54) is 13.2 Å². The van der Waals surface area contributed by atoms with Gasteiger partial charge in [-0.15, -0.1) is 15.3 Å². The van der Waals surface area contributed by atoms with Crippen molar-refractivity contribution in [3.8, 4) is 11.4 Å². The second kappa shape index (κ2) is 11.7. The highest BCUT2D eigenvalue weighted by molar-refractivity contribution is 6.60. The number of nitrogens with one attached hydrogen (secondary N) is 3. The fourth-order valence-corrected chi connectivity index (χ4v) is 4.19. The summed E-state index contributed by atoms with van der Waals surface area (Å²) in [6.07, 6.45) is 3.46. The molecule has 2 aromatic heterocycles. The Hall–Kier alpha value is -3.91. The SMILES string of the molecule is [B]C([B])([B])NC(=O)c1nnc(NC(=O)C2CC2)cc1Nc1cccc(-n2cc(CN3CCOCC3)nn2)c1OC. The van der Waals surface area contributed by atoms with Crippen molar-refractivity contribution in [1.29, 1.82) is 0 Å². The lowest BCUT2D eigenvalue weighted by atomic mass is 9.49. The predicted molar refractivity (Wildman–Crippen MR) is 148 cm³/mol. The minimum absolute atomic E-state index is 0.0545. The summed E-state index contributed by atoms with van der Waals surface area (Å²) < 4.78 is 12.8. The van der Waals surface area contributed by atoms with Gasteiger partial charge in [0.05, 0.1) is 67.1 Å². The van der Waals surface area contributed by atoms with Gasteiger partial charge in [-0.3, -0.25) is 14.5 Å². The summed E-state index contributed by atoms with van der Waals surface area (Å²) in [5, 5.41) is 22.7. The van der Waals surface area contributed by atoms with E-state index in [4.69, 9.17) is 33.0 Å². The number of aromatic nitrogens is 5. The minimum atomic E-state index is -1.99. The topological polar surface area (TPSA) is 148 Å². The molecule has 6 radical (unpaired) electrons. The molecule has 0 bridgehead atoms. The molecule has 40 heavy (non-hydrogen) atoms. The van der Waals surface area contributed by atoms with Gasteiger partial charge in [0.2, 0.25) is 5.91 Å². The lowest BCUT2D eigenvalue weighted by Gasteiger charge is -2.25. The van der Waals surface area contributed by atoms with Gasteiger partial charge < -0.3 is 25.4 Å². The maximum atomic E-state index is 12.9. The van der Waals surface area contributed by atoms with Gasteiger partial charge in [0.15, 0.2) is 17.3 Å². The summed E-state index contributed by atoms with van der Waals surface area (Å²) in [7, 11) is 18.2. The number of methoxy groups -OCH3 is 1. The molecule has 1 aliphatic heterocycles. The molecule has 3 heterocycles. The summed E-state index contributed by atoms with van der Waals surface area (Å²) in [4.78, 5) is 27.4. The Balaban J connectivity index is 1.44. The molecule has 5 rings (SSSR count). The normalized spacial score (nSPS) is 15.8. The van der Waals surface area contributed by atoms with Crippen molar-refractivity contribution in [3.63, 3.8) is 0 Å². The molecule has 1 aliphatic carbocycles. The van der Waals surface area contributed by atoms with E-state index in [0.717, 1.165) is 31.6 Å². The maximum Gasteiger partial charge on any atom is 0.272 e. The van der Waals surface area contributed by atoms with Gasteiger partial charge in [-0.25, -0.2) is 4.68 Å². The number of morpholine rings is 1. The largest absolute Gasteiger partial charge is 0.492 e. The molecule has 0 atom stereocenters. The molecule has 1 aromatic carbocycles. The molecule has 3 aromatic rings. The van der Waals surface area contributed by atoms with E-state index in [1.807, 2.05) is 12.3 Å². The lowest BCUT2D eigenvalue weighted by Crippen LogP contribution is -2.50. The zero-order valence-corrected chi connectivity index (χ0v) is 22.0. The molecule has 0 spiro atoms. The number of rotatable bonds is 10. The number of para-hydroxylation sites is 1. The molecule has 13 nitrogen and oxygen atoms in total. The second-order valence-corrected chi connectivity index (χ2v) is 9.67. The van der Waals surface area contributed by atoms with Gasteiger partial charge in [0.1, 0.15) is 5.69 Å². The first-order chi connectivity index (χ1) is 19.2. The summed E-state index contributed by atoms with van der Waals surface area (Å²) >= 11 is 0. The summed E-state index contributed by atoms with van der Waals surface area (Å²) in [5.74, 6) is -0.415. The van der Waals surface area contributed by atoms with Crippen LogP contribution >= 0.6 is 0 Å². The second-order valence-electron chi connectivity index (χ2n) is 9.67. The fourth-order valence-electron chi connectivity index (χ4n) is 4.19. The standard InChI is InChI=1S/C24H26B3N9O4/c1-39-21-16(3-2-4-18(21)36-13-15(31-34-36)12-35-7-9-40-10-8-35)28-17-11-19(29-22(37)14-5-6-14)32-33-20(17)23(38)30-24(25,26)27/h2-4,11,13-14H,5-10,12H2,1H3,(H,30,38)(H2,28,29,32,37). The van der Waals surface area contributed by atoms with Crippen molar-refractivity contribution in [3.05, 3.63) is 41.9 Å². The Bertz CT molecular complexity index is 1390. The van der Waals surface area contributed by atoms with Crippen molar-refractivity contribution in [2.24, 2.45) is 5.92 Å². The Morgan fingerprint density at radius 2 is 1.90 bits per heavy atom. The average molecular weight is 537 g/mol. The summed E-state index contributed by atoms with van der Waals surface area (Å²) in [5.41, 5.74) is 1.92. The van der Waals surface area contributed by atoms with Gasteiger partial charge in [-0.1, -0.05) is 16.5 Å². The van der Waals surface area contributed by atoms with Gasteiger partial charge >= 0.3 is 0 Å². The molecule has 2 amide bonds.